The summed E-state index contributed by atoms with van der Waals surface area (Å²) < 4.78 is 53.3. The Bertz CT molecular complexity index is 1260. The Kier molecular flexibility index (Phi) is 7.59. The van der Waals surface area contributed by atoms with Crippen LogP contribution in [0, 0.1) is 5.82 Å². The molecule has 190 valence electrons. The topological polar surface area (TPSA) is 137 Å². The second-order valence-electron chi connectivity index (χ2n) is 8.45. The molecule has 0 aliphatic carbocycles. The van der Waals surface area contributed by atoms with Gasteiger partial charge in [-0.1, -0.05) is 0 Å². The van der Waals surface area contributed by atoms with Gasteiger partial charge in [0.1, 0.15) is 28.8 Å². The molecule has 1 amide bonds. The van der Waals surface area contributed by atoms with E-state index in [9.17, 15) is 17.9 Å². The quantitative estimate of drug-likeness (QED) is 0.411. The van der Waals surface area contributed by atoms with Crippen LogP contribution in [-0.2, 0) is 20.7 Å². The monoisotopic (exact) mass is 516 g/mol. The molecule has 1 aliphatic heterocycles. The maximum absolute atomic E-state index is 13.1. The zero-order valence-corrected chi connectivity index (χ0v) is 20.4. The molecule has 36 heavy (non-hydrogen) atoms. The maximum Gasteiger partial charge on any atom is 0.267 e. The third-order valence-corrected chi connectivity index (χ3v) is 6.04. The van der Waals surface area contributed by atoms with Gasteiger partial charge >= 0.3 is 0 Å². The van der Waals surface area contributed by atoms with Crippen LogP contribution in [0.5, 0.6) is 11.5 Å². The second kappa shape index (κ2) is 10.7. The Morgan fingerprint density at radius 3 is 2.39 bits per heavy atom. The molecular weight excluding hydrogens is 491 g/mol. The Morgan fingerprint density at radius 1 is 1.19 bits per heavy atom. The number of halogens is 1. The second-order valence-corrected chi connectivity index (χ2v) is 9.35. The molecule has 0 spiro atoms. The Balaban J connectivity index is 1.56. The van der Waals surface area contributed by atoms with Gasteiger partial charge in [0.2, 0.25) is 0 Å². The lowest BCUT2D eigenvalue weighted by Gasteiger charge is -2.22. The predicted molar refractivity (Wildman–Crippen MR) is 130 cm³/mol. The Hall–Kier alpha value is -3.45. The molecule has 2 atom stereocenters. The Morgan fingerprint density at radius 2 is 1.83 bits per heavy atom. The van der Waals surface area contributed by atoms with Gasteiger partial charge in [-0.2, -0.15) is 0 Å². The number of rotatable bonds is 9. The third kappa shape index (κ3) is 6.40. The summed E-state index contributed by atoms with van der Waals surface area (Å²) in [7, 11) is 0. The zero-order valence-electron chi connectivity index (χ0n) is 19.6. The van der Waals surface area contributed by atoms with Crippen LogP contribution in [0.1, 0.15) is 30.8 Å². The molecule has 4 rings (SSSR count). The lowest BCUT2D eigenvalue weighted by Crippen LogP contribution is -2.31. The summed E-state index contributed by atoms with van der Waals surface area (Å²) in [5.74, 6) is -0.774. The summed E-state index contributed by atoms with van der Waals surface area (Å²) in [6.07, 6.45) is 0.118. The summed E-state index contributed by atoms with van der Waals surface area (Å²) in [5, 5.41) is 0. The van der Waals surface area contributed by atoms with Crippen molar-refractivity contribution < 1.29 is 32.2 Å². The number of ether oxygens (including phenoxy) is 3. The first-order valence-corrected chi connectivity index (χ1v) is 12.1. The molecule has 2 heterocycles. The van der Waals surface area contributed by atoms with E-state index in [1.54, 1.807) is 38.1 Å². The molecule has 3 N–H and O–H groups in total. The summed E-state index contributed by atoms with van der Waals surface area (Å²) >= 11 is -2.44. The van der Waals surface area contributed by atoms with Crippen LogP contribution in [0.15, 0.2) is 54.6 Å². The van der Waals surface area contributed by atoms with E-state index in [2.05, 4.69) is 9.97 Å². The number of carbonyl (C=O) groups is 1. The summed E-state index contributed by atoms with van der Waals surface area (Å²) in [6.45, 7) is 4.04. The molecule has 1 saturated heterocycles. The van der Waals surface area contributed by atoms with E-state index >= 15 is 0 Å². The SMILES string of the molecule is CC1(C)OCC(CCN(c2cc(C(N)=O)nc(-c3ccc(Oc4ccc(F)cc4)cc3)n2)S(=O)O)O1. The van der Waals surface area contributed by atoms with Gasteiger partial charge in [-0.25, -0.2) is 18.6 Å². The van der Waals surface area contributed by atoms with Crippen molar-refractivity contribution in [3.63, 3.8) is 0 Å². The van der Waals surface area contributed by atoms with Crippen molar-refractivity contribution in [2.24, 2.45) is 5.73 Å². The van der Waals surface area contributed by atoms with Crippen LogP contribution in [0.2, 0.25) is 0 Å². The highest BCUT2D eigenvalue weighted by atomic mass is 32.2. The van der Waals surface area contributed by atoms with Gasteiger partial charge in [-0.05, 0) is 68.8 Å². The number of carbonyl (C=O) groups excluding carboxylic acids is 1. The molecular formula is C24H25FN4O6S. The van der Waals surface area contributed by atoms with Crippen LogP contribution < -0.4 is 14.8 Å². The Labute approximate surface area is 209 Å². The smallest absolute Gasteiger partial charge is 0.267 e. The maximum atomic E-state index is 13.1. The normalized spacial score (nSPS) is 17.5. The highest BCUT2D eigenvalue weighted by molar-refractivity contribution is 7.80. The van der Waals surface area contributed by atoms with Gasteiger partial charge < -0.3 is 19.9 Å². The van der Waals surface area contributed by atoms with Crippen LogP contribution in [0.4, 0.5) is 10.2 Å². The number of anilines is 1. The lowest BCUT2D eigenvalue weighted by atomic mass is 10.2. The highest BCUT2D eigenvalue weighted by Crippen LogP contribution is 2.28. The standard InChI is InChI=1S/C24H25FN4O6S/c1-24(2)33-14-19(35-24)11-12-29(36(31)32)21-13-20(22(26)30)27-23(28-21)15-3-7-17(8-4-15)34-18-9-5-16(25)6-10-18/h3-10,13,19H,11-12,14H2,1-2H3,(H2,26,30)(H,31,32). The minimum atomic E-state index is -2.44. The van der Waals surface area contributed by atoms with Crippen LogP contribution in [0.3, 0.4) is 0 Å². The van der Waals surface area contributed by atoms with Gasteiger partial charge in [0.25, 0.3) is 17.2 Å². The van der Waals surface area contributed by atoms with Crippen molar-refractivity contribution in [1.82, 2.24) is 9.97 Å². The number of nitrogens with two attached hydrogens (primary N) is 1. The molecule has 0 bridgehead atoms. The molecule has 12 heteroatoms. The van der Waals surface area contributed by atoms with E-state index in [1.165, 1.54) is 30.3 Å². The van der Waals surface area contributed by atoms with Crippen LogP contribution >= 0.6 is 0 Å². The zero-order chi connectivity index (χ0) is 25.9. The van der Waals surface area contributed by atoms with Gasteiger partial charge in [0, 0.05) is 18.2 Å². The van der Waals surface area contributed by atoms with E-state index < -0.39 is 23.0 Å². The van der Waals surface area contributed by atoms with E-state index in [0.29, 0.717) is 30.1 Å². The fourth-order valence-electron chi connectivity index (χ4n) is 3.57. The first kappa shape index (κ1) is 25.6. The largest absolute Gasteiger partial charge is 0.457 e. The van der Waals surface area contributed by atoms with Crippen molar-refractivity contribution in [1.29, 1.82) is 0 Å². The molecule has 2 aromatic carbocycles. The van der Waals surface area contributed by atoms with Crippen molar-refractivity contribution >= 4 is 23.0 Å². The summed E-state index contributed by atoms with van der Waals surface area (Å²) in [4.78, 5) is 20.5. The van der Waals surface area contributed by atoms with Crippen LogP contribution in [-0.4, -0.2) is 49.7 Å². The van der Waals surface area contributed by atoms with Crippen molar-refractivity contribution in [3.05, 3.63) is 66.1 Å². The number of amides is 1. The molecule has 1 fully saturated rings. The summed E-state index contributed by atoms with van der Waals surface area (Å²) in [6, 6.07) is 13.5. The minimum absolute atomic E-state index is 0.0550. The molecule has 1 aromatic heterocycles. The third-order valence-electron chi connectivity index (χ3n) is 5.29. The number of hydrogen-bond donors (Lipinski definition) is 2. The lowest BCUT2D eigenvalue weighted by molar-refractivity contribution is -0.138. The van der Waals surface area contributed by atoms with E-state index in [0.717, 1.165) is 4.31 Å². The van der Waals surface area contributed by atoms with Gasteiger partial charge in [-0.15, -0.1) is 0 Å². The molecule has 1 aliphatic rings. The average molecular weight is 517 g/mol. The first-order chi connectivity index (χ1) is 17.1. The first-order valence-electron chi connectivity index (χ1n) is 11.0. The fourth-order valence-corrected chi connectivity index (χ4v) is 4.08. The molecule has 0 radical (unpaired) electrons. The number of aromatic nitrogens is 2. The molecule has 0 saturated carbocycles. The van der Waals surface area contributed by atoms with Crippen molar-refractivity contribution in [2.45, 2.75) is 32.2 Å². The average Bonchev–Trinajstić information content (AvgIpc) is 3.19. The number of benzene rings is 2. The van der Waals surface area contributed by atoms with E-state index in [-0.39, 0.29) is 35.8 Å². The predicted octanol–water partition coefficient (Wildman–Crippen LogP) is 3.66. The van der Waals surface area contributed by atoms with E-state index in [4.69, 9.17) is 19.9 Å². The number of nitrogens with zero attached hydrogens (tertiary/aromatic N) is 3. The number of hydrogen-bond acceptors (Lipinski definition) is 7. The van der Waals surface area contributed by atoms with Crippen molar-refractivity contribution in [2.75, 3.05) is 17.5 Å². The van der Waals surface area contributed by atoms with Crippen LogP contribution in [0.25, 0.3) is 11.4 Å². The molecule has 2 unspecified atom stereocenters. The number of primary amides is 1. The van der Waals surface area contributed by atoms with Gasteiger partial charge in [0.05, 0.1) is 12.7 Å². The summed E-state index contributed by atoms with van der Waals surface area (Å²) in [5.41, 5.74) is 5.87. The minimum Gasteiger partial charge on any atom is -0.457 e. The fraction of sp³-hybridized carbons (Fsp3) is 0.292. The van der Waals surface area contributed by atoms with E-state index in [1.807, 2.05) is 0 Å². The van der Waals surface area contributed by atoms with Crippen molar-refractivity contribution in [3.8, 4) is 22.9 Å². The highest BCUT2D eigenvalue weighted by Gasteiger charge is 2.33. The van der Waals surface area contributed by atoms with Gasteiger partial charge in [0.15, 0.2) is 11.6 Å². The molecule has 3 aromatic rings. The molecule has 10 nitrogen and oxygen atoms in total. The van der Waals surface area contributed by atoms with Gasteiger partial charge in [-0.3, -0.25) is 13.7 Å².